The van der Waals surface area contributed by atoms with E-state index in [0.717, 1.165) is 33.9 Å². The molecule has 0 radical (unpaired) electrons. The van der Waals surface area contributed by atoms with Crippen molar-refractivity contribution in [2.75, 3.05) is 31.5 Å². The number of amides is 3. The Morgan fingerprint density at radius 2 is 1.57 bits per heavy atom. The van der Waals surface area contributed by atoms with Crippen LogP contribution in [-0.4, -0.2) is 48.9 Å². The Kier molecular flexibility index (Phi) is 7.98. The molecule has 3 atom stereocenters. The number of nitrogens with one attached hydrogen (secondary N) is 1. The van der Waals surface area contributed by atoms with Crippen LogP contribution in [0.1, 0.15) is 16.4 Å². The molecular weight excluding hydrogens is 639 g/mol. The highest BCUT2D eigenvalue weighted by Gasteiger charge is 2.57. The van der Waals surface area contributed by atoms with Gasteiger partial charge in [0.2, 0.25) is 17.7 Å². The number of carbonyl (C=O) groups excluding carboxylic acids is 3. The summed E-state index contributed by atoms with van der Waals surface area (Å²) in [5.41, 5.74) is 1.75. The fourth-order valence-electron chi connectivity index (χ4n) is 6.31. The Hall–Kier alpha value is -5.07. The number of ether oxygens (including phenoxy) is 3. The Morgan fingerprint density at radius 3 is 2.32 bits per heavy atom. The normalized spacial score (nSPS) is 18.5. The predicted octanol–water partition coefficient (Wildman–Crippen LogP) is 5.52. The Labute approximate surface area is 277 Å². The lowest BCUT2D eigenvalue weighted by molar-refractivity contribution is -0.122. The van der Waals surface area contributed by atoms with Crippen molar-refractivity contribution in [2.24, 2.45) is 5.92 Å². The third kappa shape index (κ3) is 5.23. The van der Waals surface area contributed by atoms with Gasteiger partial charge in [-0.1, -0.05) is 65.6 Å². The lowest BCUT2D eigenvalue weighted by atomic mass is 9.83. The van der Waals surface area contributed by atoms with E-state index in [1.54, 1.807) is 43.5 Å². The minimum absolute atomic E-state index is 0.263. The molecule has 1 fully saturated rings. The minimum Gasteiger partial charge on any atom is -0.497 e. The largest absolute Gasteiger partial charge is 0.497 e. The van der Waals surface area contributed by atoms with Gasteiger partial charge in [0, 0.05) is 21.9 Å². The first kappa shape index (κ1) is 30.6. The Balaban J connectivity index is 1.30. The number of anilines is 2. The summed E-state index contributed by atoms with van der Waals surface area (Å²) in [7, 11) is 4.59. The van der Waals surface area contributed by atoms with Crippen LogP contribution in [0, 0.1) is 5.92 Å². The first-order valence-corrected chi connectivity index (χ1v) is 16.4. The van der Waals surface area contributed by atoms with Gasteiger partial charge >= 0.3 is 4.87 Å². The van der Waals surface area contributed by atoms with E-state index in [2.05, 4.69) is 5.32 Å². The molecule has 47 heavy (non-hydrogen) atoms. The zero-order valence-electron chi connectivity index (χ0n) is 25.6. The van der Waals surface area contributed by atoms with E-state index in [4.69, 9.17) is 14.2 Å². The molecule has 1 saturated heterocycles. The number of rotatable bonds is 8. The van der Waals surface area contributed by atoms with Gasteiger partial charge in [0.05, 0.1) is 38.0 Å². The number of imide groups is 1. The lowest BCUT2D eigenvalue weighted by Crippen LogP contribution is -2.33. The maximum atomic E-state index is 14.2. The molecule has 0 bridgehead atoms. The molecule has 10 nitrogen and oxygen atoms in total. The predicted molar refractivity (Wildman–Crippen MR) is 181 cm³/mol. The average molecular weight is 668 g/mol. The molecule has 2 aliphatic rings. The number of hydrogen-bond donors (Lipinski definition) is 1. The molecule has 0 spiro atoms. The fourth-order valence-corrected chi connectivity index (χ4v) is 9.09. The highest BCUT2D eigenvalue weighted by atomic mass is 32.2. The smallest absolute Gasteiger partial charge is 0.308 e. The van der Waals surface area contributed by atoms with Crippen molar-refractivity contribution >= 4 is 63.0 Å². The van der Waals surface area contributed by atoms with Gasteiger partial charge in [0.15, 0.2) is 11.5 Å². The molecule has 0 saturated carbocycles. The van der Waals surface area contributed by atoms with E-state index in [1.165, 1.54) is 23.7 Å². The molecule has 0 aliphatic carbocycles. The van der Waals surface area contributed by atoms with E-state index in [0.29, 0.717) is 44.1 Å². The topological polar surface area (TPSA) is 116 Å². The number of thioether (sulfide) groups is 1. The molecule has 1 N–H and O–H groups in total. The first-order chi connectivity index (χ1) is 22.8. The molecule has 12 heteroatoms. The second kappa shape index (κ2) is 12.3. The summed E-state index contributed by atoms with van der Waals surface area (Å²) >= 11 is 2.14. The summed E-state index contributed by atoms with van der Waals surface area (Å²) in [4.78, 5) is 56.8. The summed E-state index contributed by atoms with van der Waals surface area (Å²) in [6, 6.07) is 25.4. The molecule has 3 heterocycles. The third-order valence-electron chi connectivity index (χ3n) is 8.51. The van der Waals surface area contributed by atoms with Gasteiger partial charge < -0.3 is 19.5 Å². The third-order valence-corrected chi connectivity index (χ3v) is 11.1. The van der Waals surface area contributed by atoms with E-state index >= 15 is 0 Å². The van der Waals surface area contributed by atoms with E-state index < -0.39 is 23.0 Å². The molecule has 4 aromatic carbocycles. The van der Waals surface area contributed by atoms with Crippen LogP contribution in [0.5, 0.6) is 17.2 Å². The second-order valence-electron chi connectivity index (χ2n) is 11.1. The van der Waals surface area contributed by atoms with Crippen LogP contribution < -0.4 is 29.3 Å². The monoisotopic (exact) mass is 667 g/mol. The van der Waals surface area contributed by atoms with Crippen molar-refractivity contribution in [3.63, 3.8) is 0 Å². The SMILES string of the molecule is COc1ccc(N2C(=O)C3Sc4c(sc(=O)n4CC(=O)Nc4cccc5ccccc45)[C@H](c4ccc(OC)c(OC)c4)C3C2=O)cc1. The van der Waals surface area contributed by atoms with Crippen LogP contribution in [-0.2, 0) is 20.9 Å². The average Bonchev–Trinajstić information content (AvgIpc) is 3.54. The van der Waals surface area contributed by atoms with E-state index in [1.807, 2.05) is 48.5 Å². The van der Waals surface area contributed by atoms with Crippen molar-refractivity contribution in [1.82, 2.24) is 4.57 Å². The van der Waals surface area contributed by atoms with Crippen molar-refractivity contribution < 1.29 is 28.6 Å². The van der Waals surface area contributed by atoms with Gasteiger partial charge in [-0.25, -0.2) is 4.90 Å². The van der Waals surface area contributed by atoms with Crippen molar-refractivity contribution in [1.29, 1.82) is 0 Å². The Bertz CT molecular complexity index is 2100. The van der Waals surface area contributed by atoms with E-state index in [-0.39, 0.29) is 23.2 Å². The number of fused-ring (bicyclic) bond motifs is 3. The first-order valence-electron chi connectivity index (χ1n) is 14.7. The lowest BCUT2D eigenvalue weighted by Gasteiger charge is -2.31. The molecule has 3 amide bonds. The van der Waals surface area contributed by atoms with Crippen LogP contribution in [0.25, 0.3) is 10.8 Å². The fraction of sp³-hybridized carbons (Fsp3) is 0.200. The van der Waals surface area contributed by atoms with Crippen LogP contribution in [0.3, 0.4) is 0 Å². The van der Waals surface area contributed by atoms with Crippen LogP contribution >= 0.6 is 23.1 Å². The number of benzene rings is 4. The summed E-state index contributed by atoms with van der Waals surface area (Å²) in [5.74, 6) is -1.07. The van der Waals surface area contributed by atoms with Crippen molar-refractivity contribution in [3.8, 4) is 17.2 Å². The van der Waals surface area contributed by atoms with Gasteiger partial charge in [0.25, 0.3) is 0 Å². The number of hydrogen-bond acceptors (Lipinski definition) is 9. The highest BCUT2D eigenvalue weighted by Crippen LogP contribution is 2.54. The van der Waals surface area contributed by atoms with Crippen LogP contribution in [0.2, 0.25) is 0 Å². The van der Waals surface area contributed by atoms with Gasteiger partial charge in [-0.2, -0.15) is 0 Å². The highest BCUT2D eigenvalue weighted by molar-refractivity contribution is 8.00. The molecule has 2 unspecified atom stereocenters. The van der Waals surface area contributed by atoms with Gasteiger partial charge in [-0.15, -0.1) is 0 Å². The number of carbonyl (C=O) groups is 3. The standard InChI is InChI=1S/C35H29N3O7S2/c1-43-22-14-12-21(13-15-22)38-32(40)29-28(20-11-16-25(44-2)26(17-20)45-3)31-34(46-30(29)33(38)41)37(35(42)47-31)18-27(39)36-24-10-6-8-19-7-4-5-9-23(19)24/h4-17,28-30H,18H2,1-3H3,(H,36,39)/t28-,29?,30?/m1/s1. The second-order valence-corrected chi connectivity index (χ2v) is 13.2. The summed E-state index contributed by atoms with van der Waals surface area (Å²) in [6.07, 6.45) is 0. The van der Waals surface area contributed by atoms with Crippen LogP contribution in [0.4, 0.5) is 11.4 Å². The minimum atomic E-state index is -0.837. The van der Waals surface area contributed by atoms with Crippen molar-refractivity contribution in [3.05, 3.63) is 105 Å². The maximum absolute atomic E-state index is 14.2. The summed E-state index contributed by atoms with van der Waals surface area (Å²) in [6.45, 7) is -0.263. The number of nitrogens with zero attached hydrogens (tertiary/aromatic N) is 2. The quantitative estimate of drug-likeness (QED) is 0.215. The van der Waals surface area contributed by atoms with Crippen LogP contribution in [0.15, 0.2) is 94.7 Å². The van der Waals surface area contributed by atoms with Gasteiger partial charge in [-0.05, 0) is 53.4 Å². The maximum Gasteiger partial charge on any atom is 0.308 e. The summed E-state index contributed by atoms with van der Waals surface area (Å²) < 4.78 is 17.7. The number of thiazole rings is 1. The Morgan fingerprint density at radius 1 is 0.830 bits per heavy atom. The number of aromatic nitrogens is 1. The number of methoxy groups -OCH3 is 3. The van der Waals surface area contributed by atoms with Gasteiger partial charge in [0.1, 0.15) is 17.5 Å². The zero-order chi connectivity index (χ0) is 32.8. The summed E-state index contributed by atoms with van der Waals surface area (Å²) in [5, 5.41) is 4.46. The molecule has 5 aromatic rings. The molecule has 238 valence electrons. The van der Waals surface area contributed by atoms with Gasteiger partial charge in [-0.3, -0.25) is 23.7 Å². The van der Waals surface area contributed by atoms with Crippen molar-refractivity contribution in [2.45, 2.75) is 22.7 Å². The molecular formula is C35H29N3O7S2. The molecule has 1 aromatic heterocycles. The molecule has 2 aliphatic heterocycles. The van der Waals surface area contributed by atoms with E-state index in [9.17, 15) is 19.2 Å². The zero-order valence-corrected chi connectivity index (χ0v) is 27.2. The molecule has 7 rings (SSSR count).